The lowest BCUT2D eigenvalue weighted by Gasteiger charge is -2.34. The zero-order valence-corrected chi connectivity index (χ0v) is 18.4. The molecule has 6 rings (SSSR count). The van der Waals surface area contributed by atoms with Crippen LogP contribution in [0.3, 0.4) is 0 Å². The van der Waals surface area contributed by atoms with Gasteiger partial charge in [0.25, 0.3) is 0 Å². The minimum absolute atomic E-state index is 0.257. The highest BCUT2D eigenvalue weighted by molar-refractivity contribution is 5.54. The molecule has 0 aliphatic carbocycles. The molecule has 4 saturated heterocycles. The SMILES string of the molecule is NCC(N)(c1ccccc1)c1cc(CC2CO2)c(CC2CO2)c(CC2CO2)c1CC1CO1. The van der Waals surface area contributed by atoms with Gasteiger partial charge in [-0.1, -0.05) is 36.4 Å². The van der Waals surface area contributed by atoms with E-state index in [9.17, 15) is 0 Å². The van der Waals surface area contributed by atoms with E-state index in [1.54, 1.807) is 0 Å². The van der Waals surface area contributed by atoms with Crippen LogP contribution >= 0.6 is 0 Å². The van der Waals surface area contributed by atoms with Gasteiger partial charge in [-0.2, -0.15) is 0 Å². The van der Waals surface area contributed by atoms with Crippen molar-refractivity contribution >= 4 is 0 Å². The van der Waals surface area contributed by atoms with Gasteiger partial charge in [0, 0.05) is 32.2 Å². The van der Waals surface area contributed by atoms with Crippen molar-refractivity contribution in [1.29, 1.82) is 0 Å². The first-order chi connectivity index (χ1) is 15.6. The summed E-state index contributed by atoms with van der Waals surface area (Å²) in [6.07, 6.45) is 4.77. The van der Waals surface area contributed by atoms with Crippen LogP contribution in [-0.4, -0.2) is 57.4 Å². The number of ether oxygens (including phenoxy) is 4. The van der Waals surface area contributed by atoms with Crippen LogP contribution in [0, 0.1) is 0 Å². The van der Waals surface area contributed by atoms with E-state index in [0.717, 1.165) is 63.2 Å². The smallest absolute Gasteiger partial charge is 0.0850 e. The third-order valence-corrected chi connectivity index (χ3v) is 7.20. The van der Waals surface area contributed by atoms with Gasteiger partial charge in [0.15, 0.2) is 0 Å². The molecule has 4 N–H and O–H groups in total. The lowest BCUT2D eigenvalue weighted by Crippen LogP contribution is -2.46. The van der Waals surface area contributed by atoms with Crippen molar-refractivity contribution in [3.63, 3.8) is 0 Å². The molecule has 2 aromatic rings. The van der Waals surface area contributed by atoms with Gasteiger partial charge in [0.1, 0.15) is 0 Å². The summed E-state index contributed by atoms with van der Waals surface area (Å²) < 4.78 is 22.7. The summed E-state index contributed by atoms with van der Waals surface area (Å²) in [4.78, 5) is 0. The van der Waals surface area contributed by atoms with Gasteiger partial charge in [0.05, 0.1) is 56.4 Å². The lowest BCUT2D eigenvalue weighted by molar-refractivity contribution is 0.393. The third kappa shape index (κ3) is 4.36. The molecule has 32 heavy (non-hydrogen) atoms. The third-order valence-electron chi connectivity index (χ3n) is 7.20. The molecule has 0 bridgehead atoms. The first kappa shape index (κ1) is 20.8. The Kier molecular flexibility index (Phi) is 5.33. The first-order valence-electron chi connectivity index (χ1n) is 11.8. The molecule has 4 aliphatic rings. The van der Waals surface area contributed by atoms with E-state index in [0.29, 0.717) is 18.8 Å². The molecule has 4 aliphatic heterocycles. The Labute approximate surface area is 189 Å². The molecule has 0 saturated carbocycles. The van der Waals surface area contributed by atoms with Crippen LogP contribution in [0.25, 0.3) is 0 Å². The summed E-state index contributed by atoms with van der Waals surface area (Å²) in [6, 6.07) is 12.6. The molecular formula is C26H32N2O4. The topological polar surface area (TPSA) is 102 Å². The lowest BCUT2D eigenvalue weighted by atomic mass is 9.75. The van der Waals surface area contributed by atoms with E-state index in [1.165, 1.54) is 22.3 Å². The first-order valence-corrected chi connectivity index (χ1v) is 11.8. The maximum Gasteiger partial charge on any atom is 0.0850 e. The van der Waals surface area contributed by atoms with E-state index < -0.39 is 5.54 Å². The van der Waals surface area contributed by atoms with Crippen molar-refractivity contribution in [3.05, 3.63) is 69.8 Å². The molecule has 170 valence electrons. The molecule has 4 heterocycles. The fourth-order valence-corrected chi connectivity index (χ4v) is 4.99. The highest BCUT2D eigenvalue weighted by Gasteiger charge is 2.39. The van der Waals surface area contributed by atoms with Crippen molar-refractivity contribution in [2.45, 2.75) is 55.6 Å². The predicted octanol–water partition coefficient (Wildman–Crippen LogP) is 1.61. The second-order valence-electron chi connectivity index (χ2n) is 9.70. The molecule has 4 fully saturated rings. The van der Waals surface area contributed by atoms with Crippen molar-refractivity contribution in [2.24, 2.45) is 11.5 Å². The van der Waals surface area contributed by atoms with Gasteiger partial charge < -0.3 is 30.4 Å². The molecule has 5 unspecified atom stereocenters. The molecule has 0 amide bonds. The highest BCUT2D eigenvalue weighted by Crippen LogP contribution is 2.39. The molecule has 6 heteroatoms. The van der Waals surface area contributed by atoms with E-state index >= 15 is 0 Å². The van der Waals surface area contributed by atoms with Crippen LogP contribution in [0.15, 0.2) is 36.4 Å². The van der Waals surface area contributed by atoms with Crippen LogP contribution in [0.2, 0.25) is 0 Å². The van der Waals surface area contributed by atoms with E-state index in [4.69, 9.17) is 30.4 Å². The van der Waals surface area contributed by atoms with E-state index in [1.807, 2.05) is 18.2 Å². The molecule has 2 aromatic carbocycles. The second kappa shape index (κ2) is 8.20. The Morgan fingerprint density at radius 1 is 0.719 bits per heavy atom. The molecular weight excluding hydrogens is 404 g/mol. The Balaban J connectivity index is 1.54. The number of hydrogen-bond acceptors (Lipinski definition) is 6. The van der Waals surface area contributed by atoms with Crippen LogP contribution in [-0.2, 0) is 50.2 Å². The number of epoxide rings is 4. The highest BCUT2D eigenvalue weighted by atomic mass is 16.6. The zero-order valence-electron chi connectivity index (χ0n) is 18.4. The monoisotopic (exact) mass is 436 g/mol. The average Bonchev–Trinajstić information content (AvgIpc) is 3.64. The van der Waals surface area contributed by atoms with Gasteiger partial charge in [-0.3, -0.25) is 0 Å². The van der Waals surface area contributed by atoms with Gasteiger partial charge >= 0.3 is 0 Å². The Bertz CT molecular complexity index is 981. The van der Waals surface area contributed by atoms with Crippen molar-refractivity contribution in [1.82, 2.24) is 0 Å². The maximum absolute atomic E-state index is 7.18. The molecule has 5 atom stereocenters. The predicted molar refractivity (Wildman–Crippen MR) is 121 cm³/mol. The maximum atomic E-state index is 7.18. The second-order valence-corrected chi connectivity index (χ2v) is 9.70. The molecule has 6 nitrogen and oxygen atoms in total. The summed E-state index contributed by atoms with van der Waals surface area (Å²) >= 11 is 0. The Morgan fingerprint density at radius 2 is 1.22 bits per heavy atom. The van der Waals surface area contributed by atoms with Crippen LogP contribution < -0.4 is 11.5 Å². The Morgan fingerprint density at radius 3 is 1.75 bits per heavy atom. The zero-order chi connectivity index (χ0) is 21.7. The van der Waals surface area contributed by atoms with Crippen LogP contribution in [0.5, 0.6) is 0 Å². The van der Waals surface area contributed by atoms with Crippen molar-refractivity contribution in [3.8, 4) is 0 Å². The van der Waals surface area contributed by atoms with Crippen LogP contribution in [0.1, 0.15) is 33.4 Å². The summed E-state index contributed by atoms with van der Waals surface area (Å²) in [5.74, 6) is 0. The standard InChI is InChI=1S/C26H32N2O4/c27-15-26(28,17-4-2-1-3-5-17)25-7-16(6-18-11-29-18)22(8-19-12-30-19)23(9-20-13-31-20)24(25)10-21-14-32-21/h1-5,7,18-21H,6,8-15,27-28H2. The summed E-state index contributed by atoms with van der Waals surface area (Å²) in [5, 5.41) is 0. The quantitative estimate of drug-likeness (QED) is 0.519. The minimum atomic E-state index is -0.765. The van der Waals surface area contributed by atoms with E-state index in [2.05, 4.69) is 18.2 Å². The van der Waals surface area contributed by atoms with Gasteiger partial charge in [-0.15, -0.1) is 0 Å². The minimum Gasteiger partial charge on any atom is -0.373 e. The number of benzene rings is 2. The van der Waals surface area contributed by atoms with E-state index in [-0.39, 0.29) is 12.2 Å². The van der Waals surface area contributed by atoms with Gasteiger partial charge in [-0.05, 0) is 33.4 Å². The molecule has 0 spiro atoms. The summed E-state index contributed by atoms with van der Waals surface area (Å²) in [5.41, 5.74) is 20.4. The van der Waals surface area contributed by atoms with Gasteiger partial charge in [0.2, 0.25) is 0 Å². The summed E-state index contributed by atoms with van der Waals surface area (Å²) in [7, 11) is 0. The number of hydrogen-bond donors (Lipinski definition) is 2. The largest absolute Gasteiger partial charge is 0.373 e. The Hall–Kier alpha value is -1.80. The number of rotatable bonds is 11. The molecule has 0 radical (unpaired) electrons. The van der Waals surface area contributed by atoms with Crippen molar-refractivity contribution in [2.75, 3.05) is 33.0 Å². The molecule has 0 aromatic heterocycles. The number of nitrogens with two attached hydrogens (primary N) is 2. The average molecular weight is 437 g/mol. The van der Waals surface area contributed by atoms with Crippen molar-refractivity contribution < 1.29 is 18.9 Å². The fourth-order valence-electron chi connectivity index (χ4n) is 4.99. The summed E-state index contributed by atoms with van der Waals surface area (Å²) in [6.45, 7) is 3.64. The fraction of sp³-hybridized carbons (Fsp3) is 0.538. The van der Waals surface area contributed by atoms with Gasteiger partial charge in [-0.25, -0.2) is 0 Å². The van der Waals surface area contributed by atoms with Crippen LogP contribution in [0.4, 0.5) is 0 Å². The normalized spacial score (nSPS) is 29.4.